The zero-order valence-corrected chi connectivity index (χ0v) is 15.0. The highest BCUT2D eigenvalue weighted by Crippen LogP contribution is 2.29. The average Bonchev–Trinajstić information content (AvgIpc) is 3.05. The molecule has 6 nitrogen and oxygen atoms in total. The van der Waals surface area contributed by atoms with E-state index in [2.05, 4.69) is 15.5 Å². The lowest BCUT2D eigenvalue weighted by molar-refractivity contribution is -0.139. The first kappa shape index (κ1) is 18.8. The van der Waals surface area contributed by atoms with Crippen LogP contribution in [0.15, 0.2) is 42.5 Å². The third-order valence-corrected chi connectivity index (χ3v) is 4.64. The number of nitrogens with zero attached hydrogens (tertiary/aromatic N) is 1. The van der Waals surface area contributed by atoms with Crippen LogP contribution in [0.3, 0.4) is 0 Å². The van der Waals surface area contributed by atoms with Crippen molar-refractivity contribution in [2.24, 2.45) is 0 Å². The SMILES string of the molecule is CN1CCc2cc(C(O)CNC(=O)C(=O)NCc3ccc(F)cc3)ccc21. The molecular weight excluding hydrogens is 349 g/mol. The minimum atomic E-state index is -0.893. The summed E-state index contributed by atoms with van der Waals surface area (Å²) in [5.41, 5.74) is 3.70. The van der Waals surface area contributed by atoms with E-state index in [0.29, 0.717) is 11.1 Å². The van der Waals surface area contributed by atoms with E-state index in [0.717, 1.165) is 24.2 Å². The summed E-state index contributed by atoms with van der Waals surface area (Å²) in [7, 11) is 2.02. The van der Waals surface area contributed by atoms with E-state index in [-0.39, 0.29) is 18.9 Å². The van der Waals surface area contributed by atoms with Gasteiger partial charge in [0, 0.05) is 32.4 Å². The monoisotopic (exact) mass is 371 g/mol. The van der Waals surface area contributed by atoms with E-state index >= 15 is 0 Å². The average molecular weight is 371 g/mol. The topological polar surface area (TPSA) is 81.7 Å². The minimum Gasteiger partial charge on any atom is -0.387 e. The summed E-state index contributed by atoms with van der Waals surface area (Å²) in [6.45, 7) is 1.00. The lowest BCUT2D eigenvalue weighted by atomic mass is 10.0. The molecular formula is C20H22FN3O3. The van der Waals surface area contributed by atoms with Crippen LogP contribution in [0.5, 0.6) is 0 Å². The number of aliphatic hydroxyl groups is 1. The third kappa shape index (κ3) is 4.62. The molecule has 2 amide bonds. The van der Waals surface area contributed by atoms with Crippen molar-refractivity contribution < 1.29 is 19.1 Å². The molecule has 0 bridgehead atoms. The van der Waals surface area contributed by atoms with E-state index in [1.54, 1.807) is 0 Å². The quantitative estimate of drug-likeness (QED) is 0.692. The molecule has 0 aromatic heterocycles. The number of anilines is 1. The van der Waals surface area contributed by atoms with E-state index in [1.807, 2.05) is 25.2 Å². The van der Waals surface area contributed by atoms with Gasteiger partial charge < -0.3 is 20.6 Å². The van der Waals surface area contributed by atoms with Crippen molar-refractivity contribution in [3.8, 4) is 0 Å². The predicted octanol–water partition coefficient (Wildman–Crippen LogP) is 1.28. The Hall–Kier alpha value is -2.93. The van der Waals surface area contributed by atoms with Crippen molar-refractivity contribution >= 4 is 17.5 Å². The molecule has 0 saturated heterocycles. The first-order valence-corrected chi connectivity index (χ1v) is 8.76. The number of hydrogen-bond donors (Lipinski definition) is 3. The van der Waals surface area contributed by atoms with Gasteiger partial charge in [-0.1, -0.05) is 24.3 Å². The van der Waals surface area contributed by atoms with Gasteiger partial charge in [-0.3, -0.25) is 9.59 Å². The lowest BCUT2D eigenvalue weighted by Gasteiger charge is -2.15. The van der Waals surface area contributed by atoms with E-state index in [1.165, 1.54) is 24.3 Å². The summed E-state index contributed by atoms with van der Waals surface area (Å²) in [4.78, 5) is 25.9. The van der Waals surface area contributed by atoms with Crippen LogP contribution in [-0.2, 0) is 22.6 Å². The number of aliphatic hydroxyl groups excluding tert-OH is 1. The van der Waals surface area contributed by atoms with Crippen molar-refractivity contribution in [2.75, 3.05) is 25.0 Å². The molecule has 1 heterocycles. The van der Waals surface area contributed by atoms with Gasteiger partial charge in [-0.15, -0.1) is 0 Å². The second-order valence-electron chi connectivity index (χ2n) is 6.59. The third-order valence-electron chi connectivity index (χ3n) is 4.64. The van der Waals surface area contributed by atoms with Crippen molar-refractivity contribution in [3.05, 3.63) is 65.0 Å². The fraction of sp³-hybridized carbons (Fsp3) is 0.300. The van der Waals surface area contributed by atoms with Gasteiger partial charge in [0.2, 0.25) is 0 Å². The molecule has 2 aromatic rings. The van der Waals surface area contributed by atoms with Crippen molar-refractivity contribution in [1.82, 2.24) is 10.6 Å². The Balaban J connectivity index is 1.48. The number of carbonyl (C=O) groups is 2. The second kappa shape index (κ2) is 8.18. The zero-order valence-electron chi connectivity index (χ0n) is 15.0. The summed E-state index contributed by atoms with van der Waals surface area (Å²) in [6, 6.07) is 11.3. The van der Waals surface area contributed by atoms with Gasteiger partial charge in [0.25, 0.3) is 0 Å². The molecule has 0 fully saturated rings. The fourth-order valence-electron chi connectivity index (χ4n) is 3.05. The Kier molecular flexibility index (Phi) is 5.71. The number of carbonyl (C=O) groups excluding carboxylic acids is 2. The summed E-state index contributed by atoms with van der Waals surface area (Å²) in [5, 5.41) is 15.2. The number of likely N-dealkylation sites (N-methyl/N-ethyl adjacent to an activating group) is 1. The van der Waals surface area contributed by atoms with Crippen LogP contribution in [0.1, 0.15) is 22.8 Å². The van der Waals surface area contributed by atoms with Crippen molar-refractivity contribution in [2.45, 2.75) is 19.1 Å². The van der Waals surface area contributed by atoms with Crippen LogP contribution in [0.4, 0.5) is 10.1 Å². The maximum Gasteiger partial charge on any atom is 0.309 e. The van der Waals surface area contributed by atoms with E-state index in [4.69, 9.17) is 0 Å². The Morgan fingerprint density at radius 1 is 1.15 bits per heavy atom. The van der Waals surface area contributed by atoms with E-state index in [9.17, 15) is 19.1 Å². The van der Waals surface area contributed by atoms with E-state index < -0.39 is 17.9 Å². The summed E-state index contributed by atoms with van der Waals surface area (Å²) in [6.07, 6.45) is 0.0277. The van der Waals surface area contributed by atoms with Gasteiger partial charge >= 0.3 is 11.8 Å². The molecule has 3 N–H and O–H groups in total. The van der Waals surface area contributed by atoms with Crippen LogP contribution < -0.4 is 15.5 Å². The zero-order chi connectivity index (χ0) is 19.4. The Bertz CT molecular complexity index is 839. The standard InChI is InChI=1S/C20H22FN3O3/c1-24-9-8-14-10-15(4-7-17(14)24)18(25)12-23-20(27)19(26)22-11-13-2-5-16(21)6-3-13/h2-7,10,18,25H,8-9,11-12H2,1H3,(H,22,26)(H,23,27). The number of halogens is 1. The normalized spacial score (nSPS) is 13.8. The molecule has 1 unspecified atom stereocenters. The summed E-state index contributed by atoms with van der Waals surface area (Å²) < 4.78 is 12.8. The highest BCUT2D eigenvalue weighted by atomic mass is 19.1. The first-order valence-electron chi connectivity index (χ1n) is 8.76. The molecule has 1 aliphatic heterocycles. The summed E-state index contributed by atoms with van der Waals surface area (Å²) >= 11 is 0. The Morgan fingerprint density at radius 3 is 2.59 bits per heavy atom. The first-order chi connectivity index (χ1) is 12.9. The molecule has 0 saturated carbocycles. The van der Waals surface area contributed by atoms with Crippen molar-refractivity contribution in [3.63, 3.8) is 0 Å². The van der Waals surface area contributed by atoms with Crippen LogP contribution in [0.2, 0.25) is 0 Å². The molecule has 0 spiro atoms. The Morgan fingerprint density at radius 2 is 1.85 bits per heavy atom. The minimum absolute atomic E-state index is 0.0581. The van der Waals surface area contributed by atoms with Crippen LogP contribution >= 0.6 is 0 Å². The highest BCUT2D eigenvalue weighted by molar-refractivity contribution is 6.35. The van der Waals surface area contributed by atoms with Gasteiger partial charge in [-0.2, -0.15) is 0 Å². The predicted molar refractivity (Wildman–Crippen MR) is 99.6 cm³/mol. The number of benzene rings is 2. The van der Waals surface area contributed by atoms with Gasteiger partial charge in [-0.05, 0) is 41.3 Å². The molecule has 2 aromatic carbocycles. The van der Waals surface area contributed by atoms with Crippen LogP contribution in [0.25, 0.3) is 0 Å². The number of amides is 2. The van der Waals surface area contributed by atoms with Crippen molar-refractivity contribution in [1.29, 1.82) is 0 Å². The number of rotatable bonds is 5. The lowest BCUT2D eigenvalue weighted by Crippen LogP contribution is -2.41. The number of hydrogen-bond acceptors (Lipinski definition) is 4. The van der Waals surface area contributed by atoms with Gasteiger partial charge in [0.15, 0.2) is 0 Å². The van der Waals surface area contributed by atoms with Gasteiger partial charge in [-0.25, -0.2) is 4.39 Å². The van der Waals surface area contributed by atoms with Gasteiger partial charge in [0.05, 0.1) is 6.10 Å². The fourth-order valence-corrected chi connectivity index (χ4v) is 3.05. The maximum atomic E-state index is 12.8. The Labute approximate surface area is 157 Å². The largest absolute Gasteiger partial charge is 0.387 e. The molecule has 1 atom stereocenters. The smallest absolute Gasteiger partial charge is 0.309 e. The van der Waals surface area contributed by atoms with Gasteiger partial charge in [0.1, 0.15) is 5.82 Å². The molecule has 7 heteroatoms. The molecule has 142 valence electrons. The molecule has 3 rings (SSSR count). The molecule has 0 radical (unpaired) electrons. The molecule has 0 aliphatic carbocycles. The van der Waals surface area contributed by atoms with Crippen LogP contribution in [-0.4, -0.2) is 37.1 Å². The van der Waals surface area contributed by atoms with Crippen LogP contribution in [0, 0.1) is 5.82 Å². The summed E-state index contributed by atoms with van der Waals surface area (Å²) in [5.74, 6) is -1.99. The maximum absolute atomic E-state index is 12.8. The highest BCUT2D eigenvalue weighted by Gasteiger charge is 2.19. The molecule has 27 heavy (non-hydrogen) atoms. The second-order valence-corrected chi connectivity index (χ2v) is 6.59. The number of nitrogens with one attached hydrogen (secondary N) is 2. The molecule has 1 aliphatic rings. The number of fused-ring (bicyclic) bond motifs is 1.